The van der Waals surface area contributed by atoms with E-state index in [9.17, 15) is 50.8 Å². The summed E-state index contributed by atoms with van der Waals surface area (Å²) in [6.07, 6.45) is -20.3. The molecule has 16 nitrogen and oxygen atoms in total. The summed E-state index contributed by atoms with van der Waals surface area (Å²) in [7, 11) is 0. The molecule has 3 rings (SSSR count). The lowest BCUT2D eigenvalue weighted by atomic mass is 9.95. The van der Waals surface area contributed by atoms with Gasteiger partial charge in [0.05, 0.1) is 19.8 Å². The first-order chi connectivity index (χ1) is 16.5. The van der Waals surface area contributed by atoms with Gasteiger partial charge in [-0.25, -0.2) is 0 Å². The minimum Gasteiger partial charge on any atom is -0.394 e. The first-order valence-corrected chi connectivity index (χ1v) is 11.0. The van der Waals surface area contributed by atoms with E-state index in [0.717, 1.165) is 6.92 Å². The highest BCUT2D eigenvalue weighted by Crippen LogP contribution is 2.32. The zero-order valence-electron chi connectivity index (χ0n) is 18.7. The maximum Gasteiger partial charge on any atom is 0.217 e. The van der Waals surface area contributed by atoms with Gasteiger partial charge in [-0.2, -0.15) is 0 Å². The molecule has 204 valence electrons. The summed E-state index contributed by atoms with van der Waals surface area (Å²) < 4.78 is 26.8. The van der Waals surface area contributed by atoms with Crippen molar-refractivity contribution in [1.82, 2.24) is 5.32 Å². The first kappa shape index (κ1) is 28.5. The lowest BCUT2D eigenvalue weighted by molar-refractivity contribution is -0.356. The summed E-state index contributed by atoms with van der Waals surface area (Å²) in [6, 6.07) is -1.36. The molecule has 14 atom stereocenters. The number of hydrogen-bond donors (Lipinski definition) is 10. The molecular formula is C19H33NO15. The van der Waals surface area contributed by atoms with Gasteiger partial charge in [-0.15, -0.1) is 0 Å². The highest BCUT2D eigenvalue weighted by Gasteiger charge is 2.53. The third-order valence-corrected chi connectivity index (χ3v) is 6.14. The van der Waals surface area contributed by atoms with Crippen LogP contribution in [0, 0.1) is 0 Å². The summed E-state index contributed by atoms with van der Waals surface area (Å²) >= 11 is 0. The van der Waals surface area contributed by atoms with Crippen LogP contribution in [0.15, 0.2) is 0 Å². The van der Waals surface area contributed by atoms with Crippen LogP contribution < -0.4 is 5.32 Å². The number of carbonyl (C=O) groups is 1. The van der Waals surface area contributed by atoms with Crippen LogP contribution >= 0.6 is 0 Å². The molecule has 0 unspecified atom stereocenters. The third kappa shape index (κ3) is 5.91. The zero-order valence-corrected chi connectivity index (χ0v) is 18.7. The maximum atomic E-state index is 11.6. The van der Waals surface area contributed by atoms with Gasteiger partial charge in [0.2, 0.25) is 5.91 Å². The first-order valence-electron chi connectivity index (χ1n) is 11.0. The van der Waals surface area contributed by atoms with Gasteiger partial charge >= 0.3 is 0 Å². The predicted octanol–water partition coefficient (Wildman–Crippen LogP) is -6.79. The van der Waals surface area contributed by atoms with E-state index in [1.807, 2.05) is 0 Å². The Balaban J connectivity index is 1.75. The predicted molar refractivity (Wildman–Crippen MR) is 107 cm³/mol. The molecule has 16 heteroatoms. The monoisotopic (exact) mass is 515 g/mol. The van der Waals surface area contributed by atoms with Crippen LogP contribution in [0.1, 0.15) is 6.92 Å². The second-order valence-electron chi connectivity index (χ2n) is 8.58. The Kier molecular flexibility index (Phi) is 9.74. The largest absolute Gasteiger partial charge is 0.394 e. The molecule has 0 aliphatic carbocycles. The average molecular weight is 515 g/mol. The van der Waals surface area contributed by atoms with Gasteiger partial charge in [0.15, 0.2) is 18.9 Å². The van der Waals surface area contributed by atoms with Crippen molar-refractivity contribution < 1.29 is 74.4 Å². The highest BCUT2D eigenvalue weighted by atomic mass is 16.7. The summed E-state index contributed by atoms with van der Waals surface area (Å²) in [6.45, 7) is -1.00. The van der Waals surface area contributed by atoms with Crippen molar-refractivity contribution in [2.75, 3.05) is 19.8 Å². The van der Waals surface area contributed by atoms with E-state index in [4.69, 9.17) is 23.7 Å². The quantitative estimate of drug-likeness (QED) is 0.144. The number of aliphatic hydroxyl groups is 9. The summed E-state index contributed by atoms with van der Waals surface area (Å²) in [4.78, 5) is 11.6. The number of amides is 1. The topological polar surface area (TPSA) is 257 Å². The van der Waals surface area contributed by atoms with Crippen LogP contribution in [0.4, 0.5) is 0 Å². The van der Waals surface area contributed by atoms with Gasteiger partial charge in [-0.05, 0) is 0 Å². The Morgan fingerprint density at radius 1 is 0.686 bits per heavy atom. The van der Waals surface area contributed by atoms with Gasteiger partial charge in [-0.3, -0.25) is 4.79 Å². The minimum absolute atomic E-state index is 0.619. The minimum atomic E-state index is -1.88. The number of nitrogens with one attached hydrogen (secondary N) is 1. The summed E-state index contributed by atoms with van der Waals surface area (Å²) in [5.41, 5.74) is 0. The van der Waals surface area contributed by atoms with E-state index in [2.05, 4.69) is 5.32 Å². The normalized spacial score (nSPS) is 48.6. The molecular weight excluding hydrogens is 482 g/mol. The van der Waals surface area contributed by atoms with Crippen LogP contribution in [0.3, 0.4) is 0 Å². The fourth-order valence-corrected chi connectivity index (χ4v) is 4.26. The molecule has 0 spiro atoms. The molecule has 0 aromatic rings. The van der Waals surface area contributed by atoms with E-state index in [1.54, 1.807) is 0 Å². The van der Waals surface area contributed by atoms with E-state index in [-0.39, 0.29) is 0 Å². The van der Waals surface area contributed by atoms with Crippen LogP contribution in [-0.4, -0.2) is 158 Å². The number of hydrogen-bond acceptors (Lipinski definition) is 15. The van der Waals surface area contributed by atoms with Crippen molar-refractivity contribution in [2.45, 2.75) is 92.9 Å². The molecule has 3 aliphatic heterocycles. The standard InChI is InChI=1S/C19H33NO15/c1-5(24)20-9-16(11(26)7(3-22)31-17(9)30)35-19-14(29)12(27)15(8(4-23)33-19)34-18-13(28)10(25)6(2-21)32-18/h6-19,21-23,25-30H,2-4H2,1H3,(H,20,24)/t6-,7-,8-,9-,10-,11-,12-,13-,14-,15+,16-,17+,18+,19+/m1/s1. The van der Waals surface area contributed by atoms with Crippen molar-refractivity contribution in [2.24, 2.45) is 0 Å². The molecule has 3 aliphatic rings. The molecule has 0 saturated carbocycles. The molecule has 0 aromatic carbocycles. The lowest BCUT2D eigenvalue weighted by Crippen LogP contribution is -2.68. The van der Waals surface area contributed by atoms with Gasteiger partial charge in [0.25, 0.3) is 0 Å². The molecule has 10 N–H and O–H groups in total. The van der Waals surface area contributed by atoms with Crippen molar-refractivity contribution in [3.63, 3.8) is 0 Å². The number of ether oxygens (including phenoxy) is 5. The average Bonchev–Trinajstić information content (AvgIpc) is 3.10. The molecule has 1 amide bonds. The summed E-state index contributed by atoms with van der Waals surface area (Å²) in [5.74, 6) is -0.619. The Hall–Kier alpha value is -1.09. The van der Waals surface area contributed by atoms with Crippen molar-refractivity contribution in [3.05, 3.63) is 0 Å². The Morgan fingerprint density at radius 2 is 1.17 bits per heavy atom. The van der Waals surface area contributed by atoms with E-state index in [1.165, 1.54) is 0 Å². The van der Waals surface area contributed by atoms with Crippen LogP contribution in [-0.2, 0) is 28.5 Å². The Labute approximate surface area is 199 Å². The van der Waals surface area contributed by atoms with E-state index in [0.29, 0.717) is 0 Å². The smallest absolute Gasteiger partial charge is 0.217 e. The fraction of sp³-hybridized carbons (Fsp3) is 0.947. The Bertz CT molecular complexity index is 699. The van der Waals surface area contributed by atoms with E-state index < -0.39 is 112 Å². The fourth-order valence-electron chi connectivity index (χ4n) is 4.26. The SMILES string of the molecule is CC(=O)N[C@@H]1[C@@H](O[C@@H]2O[C@H](CO)[C@H](O[C@@H]3O[C@H](CO)[C@@H](O)[C@H]3O)[C@H](O)[C@H]2O)[C@H](O)[C@@H](CO)O[C@@H]1O. The third-order valence-electron chi connectivity index (χ3n) is 6.14. The highest BCUT2D eigenvalue weighted by molar-refractivity contribution is 5.73. The number of aliphatic hydroxyl groups excluding tert-OH is 9. The van der Waals surface area contributed by atoms with Crippen molar-refractivity contribution in [3.8, 4) is 0 Å². The molecule has 0 radical (unpaired) electrons. The Morgan fingerprint density at radius 3 is 1.69 bits per heavy atom. The zero-order chi connectivity index (χ0) is 26.0. The molecule has 3 fully saturated rings. The van der Waals surface area contributed by atoms with Gasteiger partial charge in [0.1, 0.15) is 67.1 Å². The van der Waals surface area contributed by atoms with Gasteiger partial charge < -0.3 is 75.0 Å². The molecule has 35 heavy (non-hydrogen) atoms. The maximum absolute atomic E-state index is 11.6. The summed E-state index contributed by atoms with van der Waals surface area (Å²) in [5, 5.41) is 92.7. The van der Waals surface area contributed by atoms with Crippen LogP contribution in [0.25, 0.3) is 0 Å². The molecule has 0 aromatic heterocycles. The van der Waals surface area contributed by atoms with Gasteiger partial charge in [0, 0.05) is 6.92 Å². The molecule has 0 bridgehead atoms. The van der Waals surface area contributed by atoms with Crippen LogP contribution in [0.2, 0.25) is 0 Å². The second kappa shape index (κ2) is 12.0. The number of rotatable bonds is 8. The van der Waals surface area contributed by atoms with Crippen molar-refractivity contribution >= 4 is 5.91 Å². The molecule has 3 heterocycles. The van der Waals surface area contributed by atoms with Gasteiger partial charge in [-0.1, -0.05) is 0 Å². The lowest BCUT2D eigenvalue weighted by Gasteiger charge is -2.47. The second-order valence-corrected chi connectivity index (χ2v) is 8.58. The molecule has 3 saturated heterocycles. The van der Waals surface area contributed by atoms with Crippen molar-refractivity contribution in [1.29, 1.82) is 0 Å². The number of carbonyl (C=O) groups excluding carboxylic acids is 1. The van der Waals surface area contributed by atoms with E-state index >= 15 is 0 Å². The van der Waals surface area contributed by atoms with Crippen LogP contribution in [0.5, 0.6) is 0 Å².